The summed E-state index contributed by atoms with van der Waals surface area (Å²) >= 11 is 29.9. The Hall–Kier alpha value is -1.90. The van der Waals surface area contributed by atoms with Crippen LogP contribution in [0.2, 0.25) is 10.0 Å². The Bertz CT molecular complexity index is 1160. The van der Waals surface area contributed by atoms with Gasteiger partial charge in [-0.3, -0.25) is 4.79 Å². The third-order valence-corrected chi connectivity index (χ3v) is 5.25. The molecular weight excluding hydrogens is 515 g/mol. The topological polar surface area (TPSA) is 59.8 Å². The van der Waals surface area contributed by atoms with Crippen molar-refractivity contribution < 1.29 is 13.6 Å². The fourth-order valence-corrected chi connectivity index (χ4v) is 3.22. The number of amides is 1. The van der Waals surface area contributed by atoms with E-state index in [4.69, 9.17) is 58.0 Å². The molecule has 1 N–H and O–H groups in total. The lowest BCUT2D eigenvalue weighted by Crippen LogP contribution is -2.19. The van der Waals surface area contributed by atoms with Crippen LogP contribution in [0.3, 0.4) is 0 Å². The van der Waals surface area contributed by atoms with Crippen molar-refractivity contribution in [3.63, 3.8) is 0 Å². The van der Waals surface area contributed by atoms with Crippen LogP contribution in [0, 0.1) is 0 Å². The van der Waals surface area contributed by atoms with Crippen LogP contribution in [0.25, 0.3) is 5.69 Å². The van der Waals surface area contributed by atoms with Crippen LogP contribution >= 0.6 is 58.0 Å². The number of benzene rings is 2. The minimum atomic E-state index is -3.38. The van der Waals surface area contributed by atoms with Gasteiger partial charge in [0.1, 0.15) is 0 Å². The van der Waals surface area contributed by atoms with Crippen molar-refractivity contribution in [1.29, 1.82) is 0 Å². The minimum Gasteiger partial charge on any atom is -0.319 e. The molecule has 0 radical (unpaired) electrons. The van der Waals surface area contributed by atoms with Crippen LogP contribution in [0.5, 0.6) is 0 Å². The molecule has 0 atom stereocenters. The van der Waals surface area contributed by atoms with Crippen LogP contribution in [0.1, 0.15) is 22.0 Å². The number of alkyl halides is 5. The summed E-state index contributed by atoms with van der Waals surface area (Å²) in [5, 5.41) is 6.87. The number of hydrogen-bond donors (Lipinski definition) is 1. The summed E-state index contributed by atoms with van der Waals surface area (Å²) in [7, 11) is 0. The Morgan fingerprint density at radius 1 is 1.10 bits per heavy atom. The van der Waals surface area contributed by atoms with Gasteiger partial charge in [-0.1, -0.05) is 82.8 Å². The summed E-state index contributed by atoms with van der Waals surface area (Å²) in [4.78, 5) is 16.7. The van der Waals surface area contributed by atoms with Crippen LogP contribution in [-0.2, 0) is 9.72 Å². The highest BCUT2D eigenvalue weighted by atomic mass is 35.6. The van der Waals surface area contributed by atoms with Gasteiger partial charge in [-0.05, 0) is 30.3 Å². The number of carbonyl (C=O) groups excluding carboxylic acids is 1. The predicted molar refractivity (Wildman–Crippen MR) is 119 cm³/mol. The molecule has 3 aromatic rings. The number of halogens is 7. The quantitative estimate of drug-likeness (QED) is 0.290. The second-order valence-electron chi connectivity index (χ2n) is 6.09. The zero-order chi connectivity index (χ0) is 23.0. The first-order valence-electron chi connectivity index (χ1n) is 8.36. The maximum absolute atomic E-state index is 14.1. The molecule has 0 saturated heterocycles. The van der Waals surface area contributed by atoms with Crippen LogP contribution in [-0.4, -0.2) is 20.7 Å². The van der Waals surface area contributed by atoms with Gasteiger partial charge in [0.25, 0.3) is 11.8 Å². The summed E-state index contributed by atoms with van der Waals surface area (Å²) < 4.78 is 27.3. The molecule has 0 fully saturated rings. The maximum Gasteiger partial charge on any atom is 0.295 e. The van der Waals surface area contributed by atoms with E-state index in [2.05, 4.69) is 22.0 Å². The van der Waals surface area contributed by atoms with Crippen LogP contribution < -0.4 is 5.32 Å². The Morgan fingerprint density at radius 3 is 2.39 bits per heavy atom. The van der Waals surface area contributed by atoms with Gasteiger partial charge in [0.15, 0.2) is 5.82 Å². The number of carbonyl (C=O) groups is 1. The van der Waals surface area contributed by atoms with Gasteiger partial charge in [-0.2, -0.15) is 8.78 Å². The third kappa shape index (κ3) is 5.13. The lowest BCUT2D eigenvalue weighted by atomic mass is 10.1. The predicted octanol–water partition coefficient (Wildman–Crippen LogP) is 6.93. The maximum atomic E-state index is 14.1. The van der Waals surface area contributed by atoms with Crippen molar-refractivity contribution >= 4 is 69.6 Å². The average Bonchev–Trinajstić information content (AvgIpc) is 3.16. The van der Waals surface area contributed by atoms with Crippen LogP contribution in [0.4, 0.5) is 14.5 Å². The molecule has 0 saturated carbocycles. The number of nitrogens with zero attached hydrogens (tertiary/aromatic N) is 3. The van der Waals surface area contributed by atoms with Crippen molar-refractivity contribution in [3.8, 4) is 5.69 Å². The molecular formula is C19H11Cl5F2N4O. The monoisotopic (exact) mass is 524 g/mol. The Balaban J connectivity index is 2.03. The van der Waals surface area contributed by atoms with Gasteiger partial charge in [0, 0.05) is 5.56 Å². The normalized spacial score (nSPS) is 12.0. The van der Waals surface area contributed by atoms with E-state index in [1.807, 2.05) is 0 Å². The summed E-state index contributed by atoms with van der Waals surface area (Å²) in [5.74, 6) is -4.92. The number of para-hydroxylation sites is 1. The molecule has 1 amide bonds. The van der Waals surface area contributed by atoms with Gasteiger partial charge in [0.05, 0.1) is 21.4 Å². The molecule has 2 aromatic carbocycles. The second kappa shape index (κ2) is 8.92. The minimum absolute atomic E-state index is 0.154. The van der Waals surface area contributed by atoms with Crippen molar-refractivity contribution in [1.82, 2.24) is 14.8 Å². The molecule has 0 unspecified atom stereocenters. The summed E-state index contributed by atoms with van der Waals surface area (Å²) in [6.07, 6.45) is 0.468. The SMILES string of the molecule is C=CC(F)(F)c1ccccc1NC(=O)c1nc(C(Cl)(Cl)Cl)n(-c2ccc(Cl)c(Cl)c2)n1. The molecule has 1 aromatic heterocycles. The van der Waals surface area contributed by atoms with Crippen molar-refractivity contribution in [2.24, 2.45) is 0 Å². The number of nitrogens with one attached hydrogen (secondary N) is 1. The molecule has 162 valence electrons. The molecule has 0 aliphatic rings. The smallest absolute Gasteiger partial charge is 0.295 e. The van der Waals surface area contributed by atoms with Gasteiger partial charge >= 0.3 is 0 Å². The highest BCUT2D eigenvalue weighted by molar-refractivity contribution is 6.66. The number of rotatable bonds is 5. The molecule has 0 aliphatic carbocycles. The number of allylic oxidation sites excluding steroid dienone is 1. The molecule has 3 rings (SSSR count). The van der Waals surface area contributed by atoms with E-state index in [1.165, 1.54) is 36.4 Å². The summed E-state index contributed by atoms with van der Waals surface area (Å²) in [6, 6.07) is 9.77. The standard InChI is InChI=1S/C19H11Cl5F2N4O/c1-2-18(25,26)11-5-3-4-6-14(11)27-16(31)15-28-17(19(22,23)24)30(29-15)10-7-8-12(20)13(21)9-10/h2-9H,1H2,(H,27,31). The van der Waals surface area contributed by atoms with E-state index in [0.717, 1.165) is 10.7 Å². The molecule has 12 heteroatoms. The molecule has 31 heavy (non-hydrogen) atoms. The average molecular weight is 527 g/mol. The highest BCUT2D eigenvalue weighted by Gasteiger charge is 2.34. The van der Waals surface area contributed by atoms with Crippen molar-refractivity contribution in [2.45, 2.75) is 9.72 Å². The molecule has 5 nitrogen and oxygen atoms in total. The Labute approximate surface area is 200 Å². The fraction of sp³-hybridized carbons (Fsp3) is 0.105. The zero-order valence-electron chi connectivity index (χ0n) is 15.2. The summed E-state index contributed by atoms with van der Waals surface area (Å²) in [6.45, 7) is 3.12. The van der Waals surface area contributed by atoms with E-state index >= 15 is 0 Å². The van der Waals surface area contributed by atoms with Gasteiger partial charge in [0.2, 0.25) is 9.62 Å². The lowest BCUT2D eigenvalue weighted by molar-refractivity contribution is 0.0533. The highest BCUT2D eigenvalue weighted by Crippen LogP contribution is 2.39. The number of hydrogen-bond acceptors (Lipinski definition) is 3. The molecule has 0 bridgehead atoms. The zero-order valence-corrected chi connectivity index (χ0v) is 19.0. The largest absolute Gasteiger partial charge is 0.319 e. The summed E-state index contributed by atoms with van der Waals surface area (Å²) in [5.41, 5.74) is -0.302. The van der Waals surface area contributed by atoms with E-state index in [0.29, 0.717) is 11.8 Å². The van der Waals surface area contributed by atoms with E-state index in [9.17, 15) is 13.6 Å². The molecule has 1 heterocycles. The van der Waals surface area contributed by atoms with Crippen molar-refractivity contribution in [3.05, 3.63) is 82.4 Å². The first kappa shape index (κ1) is 23.8. The fourth-order valence-electron chi connectivity index (χ4n) is 2.56. The third-order valence-electron chi connectivity index (χ3n) is 4.00. The van der Waals surface area contributed by atoms with Crippen LogP contribution in [0.15, 0.2) is 55.1 Å². The van der Waals surface area contributed by atoms with E-state index in [-0.39, 0.29) is 21.6 Å². The number of aromatic nitrogens is 3. The Morgan fingerprint density at radius 2 is 1.77 bits per heavy atom. The molecule has 0 aliphatic heterocycles. The van der Waals surface area contributed by atoms with E-state index < -0.39 is 27.0 Å². The first-order chi connectivity index (χ1) is 14.4. The number of anilines is 1. The van der Waals surface area contributed by atoms with Crippen molar-refractivity contribution in [2.75, 3.05) is 5.32 Å². The lowest BCUT2D eigenvalue weighted by Gasteiger charge is -2.16. The Kier molecular flexibility index (Phi) is 6.84. The van der Waals surface area contributed by atoms with Gasteiger partial charge in [-0.25, -0.2) is 9.67 Å². The van der Waals surface area contributed by atoms with E-state index in [1.54, 1.807) is 0 Å². The van der Waals surface area contributed by atoms with Gasteiger partial charge in [-0.15, -0.1) is 5.10 Å². The molecule has 0 spiro atoms. The second-order valence-corrected chi connectivity index (χ2v) is 9.19. The first-order valence-corrected chi connectivity index (χ1v) is 10.2. The van der Waals surface area contributed by atoms with Gasteiger partial charge < -0.3 is 5.32 Å².